The van der Waals surface area contributed by atoms with Crippen molar-refractivity contribution in [1.82, 2.24) is 19.9 Å². The van der Waals surface area contributed by atoms with E-state index in [0.717, 1.165) is 38.4 Å². The van der Waals surface area contributed by atoms with E-state index >= 15 is 0 Å². The molecule has 9 heteroatoms. The molecule has 2 aliphatic heterocycles. The number of hydrogen-bond acceptors (Lipinski definition) is 8. The quantitative estimate of drug-likeness (QED) is 0.707. The van der Waals surface area contributed by atoms with Gasteiger partial charge in [0.2, 0.25) is 5.89 Å². The third kappa shape index (κ3) is 3.81. The van der Waals surface area contributed by atoms with Crippen molar-refractivity contribution in [1.29, 1.82) is 0 Å². The smallest absolute Gasteiger partial charge is 0.229 e. The van der Waals surface area contributed by atoms with Gasteiger partial charge in [-0.3, -0.25) is 9.80 Å². The van der Waals surface area contributed by atoms with Gasteiger partial charge in [-0.15, -0.1) is 0 Å². The Morgan fingerprint density at radius 1 is 1.15 bits per heavy atom. The second-order valence-electron chi connectivity index (χ2n) is 7.74. The van der Waals surface area contributed by atoms with Crippen LogP contribution in [0, 0.1) is 0 Å². The van der Waals surface area contributed by atoms with Crippen molar-refractivity contribution >= 4 is 9.84 Å². The number of methoxy groups -OCH3 is 1. The molecule has 8 nitrogen and oxygen atoms in total. The molecule has 3 heterocycles. The Morgan fingerprint density at radius 3 is 2.58 bits per heavy atom. The molecule has 1 aliphatic carbocycles. The van der Waals surface area contributed by atoms with Gasteiger partial charge in [0.05, 0.1) is 24.7 Å². The van der Waals surface area contributed by atoms with Crippen LogP contribution >= 0.6 is 0 Å². The molecule has 1 saturated carbocycles. The molecule has 0 aromatic carbocycles. The molecule has 1 aromatic heterocycles. The fourth-order valence-electron chi connectivity index (χ4n) is 4.63. The molecule has 0 bridgehead atoms. The van der Waals surface area contributed by atoms with E-state index < -0.39 is 9.84 Å². The Morgan fingerprint density at radius 2 is 1.85 bits per heavy atom. The van der Waals surface area contributed by atoms with Gasteiger partial charge in [-0.2, -0.15) is 4.98 Å². The van der Waals surface area contributed by atoms with E-state index in [1.165, 1.54) is 12.8 Å². The maximum absolute atomic E-state index is 12.3. The van der Waals surface area contributed by atoms with Crippen LogP contribution in [-0.2, 0) is 21.1 Å². The van der Waals surface area contributed by atoms with E-state index in [2.05, 4.69) is 19.9 Å². The van der Waals surface area contributed by atoms with Crippen LogP contribution in [0.15, 0.2) is 4.52 Å². The highest BCUT2D eigenvalue weighted by atomic mass is 32.2. The highest BCUT2D eigenvalue weighted by Gasteiger charge is 2.46. The molecule has 0 amide bonds. The average Bonchev–Trinajstić information content (AvgIpc) is 3.32. The van der Waals surface area contributed by atoms with Crippen molar-refractivity contribution < 1.29 is 17.7 Å². The summed E-state index contributed by atoms with van der Waals surface area (Å²) >= 11 is 0. The first-order valence-electron chi connectivity index (χ1n) is 9.55. The van der Waals surface area contributed by atoms with Gasteiger partial charge in [-0.1, -0.05) is 18.0 Å². The summed E-state index contributed by atoms with van der Waals surface area (Å²) in [6, 6.07) is 0.0316. The van der Waals surface area contributed by atoms with Crippen molar-refractivity contribution in [3.8, 4) is 0 Å². The van der Waals surface area contributed by atoms with E-state index in [4.69, 9.17) is 9.26 Å². The van der Waals surface area contributed by atoms with Crippen LogP contribution in [0.25, 0.3) is 0 Å². The maximum Gasteiger partial charge on any atom is 0.229 e. The molecule has 3 aliphatic rings. The molecule has 2 saturated heterocycles. The summed E-state index contributed by atoms with van der Waals surface area (Å²) in [5.41, 5.74) is 0. The fraction of sp³-hybridized carbons (Fsp3) is 0.882. The minimum atomic E-state index is -3.01. The second-order valence-corrected chi connectivity index (χ2v) is 9.89. The molecule has 2 atom stereocenters. The first kappa shape index (κ1) is 18.3. The Hall–Kier alpha value is -1.03. The zero-order valence-corrected chi connectivity index (χ0v) is 16.2. The Kier molecular flexibility index (Phi) is 5.31. The molecule has 0 unspecified atom stereocenters. The third-order valence-electron chi connectivity index (χ3n) is 6.02. The molecule has 0 spiro atoms. The zero-order chi connectivity index (χ0) is 18.1. The van der Waals surface area contributed by atoms with Crippen molar-refractivity contribution in [2.24, 2.45) is 0 Å². The molecular formula is C17H28N4O4S. The van der Waals surface area contributed by atoms with Gasteiger partial charge in [-0.05, 0) is 12.8 Å². The van der Waals surface area contributed by atoms with Crippen LogP contribution in [0.5, 0.6) is 0 Å². The van der Waals surface area contributed by atoms with Gasteiger partial charge in [0.15, 0.2) is 15.7 Å². The minimum absolute atomic E-state index is 0.000892. The molecule has 0 N–H and O–H groups in total. The highest BCUT2D eigenvalue weighted by Crippen LogP contribution is 2.33. The number of nitrogens with zero attached hydrogens (tertiary/aromatic N) is 4. The molecule has 1 aromatic rings. The minimum Gasteiger partial charge on any atom is -0.383 e. The lowest BCUT2D eigenvalue weighted by molar-refractivity contribution is 0.0237. The van der Waals surface area contributed by atoms with Crippen LogP contribution in [0.2, 0.25) is 0 Å². The summed E-state index contributed by atoms with van der Waals surface area (Å²) in [6.45, 7) is 3.61. The number of fused-ring (bicyclic) bond motifs is 1. The predicted octanol–water partition coefficient (Wildman–Crippen LogP) is 0.657. The first-order chi connectivity index (χ1) is 12.6. The molecule has 3 fully saturated rings. The van der Waals surface area contributed by atoms with Crippen molar-refractivity contribution in [3.05, 3.63) is 11.7 Å². The number of hydrogen-bond donors (Lipinski definition) is 0. The van der Waals surface area contributed by atoms with Crippen LogP contribution in [-0.4, -0.2) is 85.3 Å². The zero-order valence-electron chi connectivity index (χ0n) is 15.3. The Bertz CT molecular complexity index is 716. The number of ether oxygens (including phenoxy) is 1. The molecule has 146 valence electrons. The molecule has 4 rings (SSSR count). The topological polar surface area (TPSA) is 88.8 Å². The van der Waals surface area contributed by atoms with E-state index in [1.807, 2.05) is 0 Å². The summed E-state index contributed by atoms with van der Waals surface area (Å²) in [7, 11) is -1.33. The van der Waals surface area contributed by atoms with Gasteiger partial charge in [0.25, 0.3) is 0 Å². The summed E-state index contributed by atoms with van der Waals surface area (Å²) < 4.78 is 35.2. The SMILES string of the molecule is COCCN1CCN(Cc2noc(C3CCCC3)n2)[C@@H]2CS(=O)(=O)C[C@@H]21. The van der Waals surface area contributed by atoms with Crippen LogP contribution < -0.4 is 0 Å². The van der Waals surface area contributed by atoms with E-state index in [1.54, 1.807) is 7.11 Å². The fourth-order valence-corrected chi connectivity index (χ4v) is 6.67. The number of aromatic nitrogens is 2. The molecule has 26 heavy (non-hydrogen) atoms. The lowest BCUT2D eigenvalue weighted by Crippen LogP contribution is -2.59. The normalized spacial score (nSPS) is 30.0. The van der Waals surface area contributed by atoms with Crippen LogP contribution in [0.3, 0.4) is 0 Å². The highest BCUT2D eigenvalue weighted by molar-refractivity contribution is 7.91. The summed E-state index contributed by atoms with van der Waals surface area (Å²) in [5.74, 6) is 2.29. The first-order valence-corrected chi connectivity index (χ1v) is 11.4. The molecular weight excluding hydrogens is 356 g/mol. The van der Waals surface area contributed by atoms with E-state index in [0.29, 0.717) is 24.9 Å². The monoisotopic (exact) mass is 384 g/mol. The number of sulfone groups is 1. The largest absolute Gasteiger partial charge is 0.383 e. The summed E-state index contributed by atoms with van der Waals surface area (Å²) in [4.78, 5) is 9.09. The van der Waals surface area contributed by atoms with Gasteiger partial charge in [-0.25, -0.2) is 8.42 Å². The summed E-state index contributed by atoms with van der Waals surface area (Å²) in [6.07, 6.45) is 4.71. The lowest BCUT2D eigenvalue weighted by Gasteiger charge is -2.43. The van der Waals surface area contributed by atoms with Gasteiger partial charge >= 0.3 is 0 Å². The van der Waals surface area contributed by atoms with Crippen molar-refractivity contribution in [2.45, 2.75) is 50.2 Å². The number of rotatable bonds is 6. The maximum atomic E-state index is 12.3. The van der Waals surface area contributed by atoms with Gasteiger partial charge < -0.3 is 9.26 Å². The van der Waals surface area contributed by atoms with E-state index in [-0.39, 0.29) is 23.6 Å². The van der Waals surface area contributed by atoms with Gasteiger partial charge in [0, 0.05) is 44.7 Å². The third-order valence-corrected chi connectivity index (χ3v) is 7.72. The Balaban J connectivity index is 1.45. The van der Waals surface area contributed by atoms with Gasteiger partial charge in [0.1, 0.15) is 0 Å². The predicted molar refractivity (Wildman–Crippen MR) is 95.6 cm³/mol. The van der Waals surface area contributed by atoms with E-state index in [9.17, 15) is 8.42 Å². The second kappa shape index (κ2) is 7.53. The molecule has 0 radical (unpaired) electrons. The van der Waals surface area contributed by atoms with Crippen molar-refractivity contribution in [3.63, 3.8) is 0 Å². The summed E-state index contributed by atoms with van der Waals surface area (Å²) in [5, 5.41) is 4.16. The average molecular weight is 385 g/mol. The van der Waals surface area contributed by atoms with Crippen molar-refractivity contribution in [2.75, 3.05) is 44.9 Å². The number of piperazine rings is 1. The van der Waals surface area contributed by atoms with Crippen LogP contribution in [0.1, 0.15) is 43.3 Å². The lowest BCUT2D eigenvalue weighted by atomic mass is 10.0. The van der Waals surface area contributed by atoms with Crippen LogP contribution in [0.4, 0.5) is 0 Å². The standard InChI is InChI=1S/C17H28N4O4S/c1-24-9-8-20-6-7-21(15-12-26(22,23)11-14(15)20)10-16-18-17(25-19-16)13-4-2-3-5-13/h13-15H,2-12H2,1H3/t14-,15+/m0/s1. The Labute approximate surface area is 154 Å².